The van der Waals surface area contributed by atoms with Crippen LogP contribution in [0.25, 0.3) is 0 Å². The molecule has 0 saturated heterocycles. The molecule has 3 nitrogen and oxygen atoms in total. The lowest BCUT2D eigenvalue weighted by Gasteiger charge is -2.35. The molecule has 3 rings (SSSR count). The predicted molar refractivity (Wildman–Crippen MR) is 100 cm³/mol. The van der Waals surface area contributed by atoms with Crippen LogP contribution in [0.1, 0.15) is 39.2 Å². The lowest BCUT2D eigenvalue weighted by molar-refractivity contribution is 0.154. The van der Waals surface area contributed by atoms with Crippen LogP contribution in [0.5, 0.6) is 0 Å². The third kappa shape index (κ3) is 3.50. The van der Waals surface area contributed by atoms with Gasteiger partial charge in [0, 0.05) is 18.3 Å². The van der Waals surface area contributed by atoms with Crippen LogP contribution in [0.3, 0.4) is 0 Å². The average molecular weight is 326 g/mol. The number of allylic oxidation sites excluding steroid dienone is 2. The lowest BCUT2D eigenvalue weighted by Crippen LogP contribution is -2.47. The molecule has 2 amide bonds. The number of hydrogen-bond donors (Lipinski definition) is 1. The van der Waals surface area contributed by atoms with E-state index >= 15 is 0 Å². The second kappa shape index (κ2) is 7.00. The summed E-state index contributed by atoms with van der Waals surface area (Å²) in [7, 11) is 0. The zero-order valence-corrected chi connectivity index (χ0v) is 15.3. The van der Waals surface area contributed by atoms with Crippen molar-refractivity contribution >= 4 is 11.7 Å². The minimum atomic E-state index is 0.0391. The first-order chi connectivity index (χ1) is 11.5. The maximum absolute atomic E-state index is 13.0. The van der Waals surface area contributed by atoms with Gasteiger partial charge in [-0.05, 0) is 62.0 Å². The number of rotatable bonds is 5. The number of nitrogens with zero attached hydrogens (tertiary/aromatic N) is 1. The maximum Gasteiger partial charge on any atom is 0.322 e. The van der Waals surface area contributed by atoms with E-state index in [0.29, 0.717) is 17.8 Å². The summed E-state index contributed by atoms with van der Waals surface area (Å²) in [6.07, 6.45) is 7.26. The Labute approximate surface area is 146 Å². The van der Waals surface area contributed by atoms with Crippen molar-refractivity contribution in [1.29, 1.82) is 0 Å². The molecule has 0 radical (unpaired) electrons. The molecule has 1 fully saturated rings. The summed E-state index contributed by atoms with van der Waals surface area (Å²) in [4.78, 5) is 15.1. The molecule has 2 aliphatic rings. The van der Waals surface area contributed by atoms with Gasteiger partial charge in [-0.3, -0.25) is 0 Å². The van der Waals surface area contributed by atoms with Crippen LogP contribution >= 0.6 is 0 Å². The van der Waals surface area contributed by atoms with E-state index in [4.69, 9.17) is 0 Å². The zero-order chi connectivity index (χ0) is 17.3. The second-order valence-electron chi connectivity index (χ2n) is 7.92. The third-order valence-corrected chi connectivity index (χ3v) is 5.95. The third-order valence-electron chi connectivity index (χ3n) is 5.95. The van der Waals surface area contributed by atoms with Crippen LogP contribution in [-0.2, 0) is 0 Å². The van der Waals surface area contributed by atoms with Crippen molar-refractivity contribution in [1.82, 2.24) is 4.90 Å². The summed E-state index contributed by atoms with van der Waals surface area (Å²) in [5, 5.41) is 3.13. The molecule has 1 aromatic carbocycles. The number of carbonyl (C=O) groups excluding carboxylic acids is 1. The number of hydrogen-bond acceptors (Lipinski definition) is 1. The molecule has 3 heteroatoms. The van der Waals surface area contributed by atoms with Crippen LogP contribution in [0.15, 0.2) is 36.4 Å². The SMILES string of the molecule is Cc1ccccc1NC(=O)N(CC1CC2C=CC1C2)C(C)C(C)C. The van der Waals surface area contributed by atoms with E-state index in [1.54, 1.807) is 0 Å². The Morgan fingerprint density at radius 2 is 1.96 bits per heavy atom. The number of fused-ring (bicyclic) bond motifs is 2. The fourth-order valence-corrected chi connectivity index (χ4v) is 4.05. The van der Waals surface area contributed by atoms with Crippen molar-refractivity contribution in [3.63, 3.8) is 0 Å². The Hall–Kier alpha value is -1.77. The first kappa shape index (κ1) is 17.1. The van der Waals surface area contributed by atoms with E-state index < -0.39 is 0 Å². The van der Waals surface area contributed by atoms with E-state index in [-0.39, 0.29) is 12.1 Å². The maximum atomic E-state index is 13.0. The van der Waals surface area contributed by atoms with Gasteiger partial charge >= 0.3 is 6.03 Å². The molecule has 2 aliphatic carbocycles. The smallest absolute Gasteiger partial charge is 0.321 e. The van der Waals surface area contributed by atoms with Gasteiger partial charge in [0.05, 0.1) is 0 Å². The van der Waals surface area contributed by atoms with Gasteiger partial charge < -0.3 is 10.2 Å². The number of carbonyl (C=O) groups is 1. The molecule has 1 aromatic rings. The molecule has 2 bridgehead atoms. The second-order valence-corrected chi connectivity index (χ2v) is 7.92. The summed E-state index contributed by atoms with van der Waals surface area (Å²) < 4.78 is 0. The molecule has 24 heavy (non-hydrogen) atoms. The van der Waals surface area contributed by atoms with Crippen LogP contribution in [0.4, 0.5) is 10.5 Å². The fraction of sp³-hybridized carbons (Fsp3) is 0.571. The molecule has 130 valence electrons. The highest BCUT2D eigenvalue weighted by Gasteiger charge is 2.38. The number of para-hydroxylation sites is 1. The Kier molecular flexibility index (Phi) is 4.98. The monoisotopic (exact) mass is 326 g/mol. The summed E-state index contributed by atoms with van der Waals surface area (Å²) >= 11 is 0. The fourth-order valence-electron chi connectivity index (χ4n) is 4.05. The summed E-state index contributed by atoms with van der Waals surface area (Å²) in [5.74, 6) is 2.48. The molecule has 4 atom stereocenters. The van der Waals surface area contributed by atoms with Crippen molar-refractivity contribution in [3.05, 3.63) is 42.0 Å². The molecular weight excluding hydrogens is 296 g/mol. The van der Waals surface area contributed by atoms with Gasteiger partial charge in [-0.2, -0.15) is 0 Å². The highest BCUT2D eigenvalue weighted by Crippen LogP contribution is 2.44. The Morgan fingerprint density at radius 3 is 2.54 bits per heavy atom. The zero-order valence-electron chi connectivity index (χ0n) is 15.3. The number of amides is 2. The molecule has 0 aliphatic heterocycles. The van der Waals surface area contributed by atoms with Gasteiger partial charge in [0.1, 0.15) is 0 Å². The van der Waals surface area contributed by atoms with Gasteiger partial charge in [0.15, 0.2) is 0 Å². The van der Waals surface area contributed by atoms with Crippen LogP contribution < -0.4 is 5.32 Å². The van der Waals surface area contributed by atoms with E-state index in [0.717, 1.165) is 23.7 Å². The lowest BCUT2D eigenvalue weighted by atomic mass is 9.92. The molecule has 1 N–H and O–H groups in total. The number of anilines is 1. The Balaban J connectivity index is 1.73. The first-order valence-corrected chi connectivity index (χ1v) is 9.27. The Bertz CT molecular complexity index is 622. The van der Waals surface area contributed by atoms with Gasteiger partial charge in [-0.15, -0.1) is 0 Å². The summed E-state index contributed by atoms with van der Waals surface area (Å²) in [6, 6.07) is 8.26. The molecule has 4 unspecified atom stereocenters. The number of aryl methyl sites for hydroxylation is 1. The van der Waals surface area contributed by atoms with Crippen molar-refractivity contribution in [2.45, 2.75) is 46.6 Å². The van der Waals surface area contributed by atoms with E-state index in [1.165, 1.54) is 12.8 Å². The highest BCUT2D eigenvalue weighted by molar-refractivity contribution is 5.90. The van der Waals surface area contributed by atoms with Crippen molar-refractivity contribution in [2.75, 3.05) is 11.9 Å². The molecule has 0 heterocycles. The van der Waals surface area contributed by atoms with Gasteiger partial charge in [0.25, 0.3) is 0 Å². The molecule has 0 aromatic heterocycles. The molecule has 0 spiro atoms. The summed E-state index contributed by atoms with van der Waals surface area (Å²) in [6.45, 7) is 9.46. The predicted octanol–water partition coefficient (Wildman–Crippen LogP) is 5.09. The van der Waals surface area contributed by atoms with E-state index in [2.05, 4.69) is 43.1 Å². The first-order valence-electron chi connectivity index (χ1n) is 9.27. The van der Waals surface area contributed by atoms with Gasteiger partial charge in [0.2, 0.25) is 0 Å². The van der Waals surface area contributed by atoms with Crippen LogP contribution in [0.2, 0.25) is 0 Å². The quantitative estimate of drug-likeness (QED) is 0.751. The van der Waals surface area contributed by atoms with Gasteiger partial charge in [-0.1, -0.05) is 44.2 Å². The average Bonchev–Trinajstić information content (AvgIpc) is 3.16. The van der Waals surface area contributed by atoms with Crippen molar-refractivity contribution in [3.8, 4) is 0 Å². The number of benzene rings is 1. The number of urea groups is 1. The largest absolute Gasteiger partial charge is 0.322 e. The molecular formula is C21H30N2O. The summed E-state index contributed by atoms with van der Waals surface area (Å²) in [5.41, 5.74) is 2.02. The van der Waals surface area contributed by atoms with E-state index in [1.807, 2.05) is 31.2 Å². The van der Waals surface area contributed by atoms with Crippen LogP contribution in [-0.4, -0.2) is 23.5 Å². The Morgan fingerprint density at radius 1 is 1.21 bits per heavy atom. The normalized spacial score (nSPS) is 26.0. The minimum Gasteiger partial charge on any atom is -0.321 e. The van der Waals surface area contributed by atoms with Crippen molar-refractivity contribution in [2.24, 2.45) is 23.7 Å². The standard InChI is InChI=1S/C21H30N2O/c1-14(2)16(4)23(13-19-12-17-9-10-18(19)11-17)21(24)22-20-8-6-5-7-15(20)3/h5-10,14,16-19H,11-13H2,1-4H3,(H,22,24). The topological polar surface area (TPSA) is 32.3 Å². The minimum absolute atomic E-state index is 0.0391. The van der Waals surface area contributed by atoms with E-state index in [9.17, 15) is 4.79 Å². The van der Waals surface area contributed by atoms with Gasteiger partial charge in [-0.25, -0.2) is 4.79 Å². The van der Waals surface area contributed by atoms with Crippen LogP contribution in [0, 0.1) is 30.6 Å². The van der Waals surface area contributed by atoms with Crippen molar-refractivity contribution < 1.29 is 4.79 Å². The number of nitrogens with one attached hydrogen (secondary N) is 1. The molecule has 1 saturated carbocycles. The highest BCUT2D eigenvalue weighted by atomic mass is 16.2.